The number of rotatable bonds is 18. The number of nitrogens with one attached hydrogen (secondary N) is 4. The van der Waals surface area contributed by atoms with Crippen molar-refractivity contribution in [3.63, 3.8) is 0 Å². The summed E-state index contributed by atoms with van der Waals surface area (Å²) >= 11 is 0. The number of phenolic OH excluding ortho intramolecular Hbond substituents is 1. The zero-order valence-corrected chi connectivity index (χ0v) is 70.7. The number of aryl methyl sites for hydroxylation is 2. The molecule has 0 spiro atoms. The first kappa shape index (κ1) is 108. The number of methoxy groups -OCH3 is 2. The van der Waals surface area contributed by atoms with E-state index in [9.17, 15) is 74.7 Å². The van der Waals surface area contributed by atoms with Crippen molar-refractivity contribution >= 4 is 90.0 Å². The molecule has 0 fully saturated rings. The number of anilines is 1. The number of aromatic hydroxyl groups is 1. The fourth-order valence-electron chi connectivity index (χ4n) is 7.89. The Hall–Kier alpha value is -11.0. The first-order valence-electron chi connectivity index (χ1n) is 35.8. The van der Waals surface area contributed by atoms with Gasteiger partial charge < -0.3 is 54.5 Å². The van der Waals surface area contributed by atoms with E-state index in [1.54, 1.807) is 126 Å². The third-order valence-electron chi connectivity index (χ3n) is 13.8. The van der Waals surface area contributed by atoms with E-state index in [0.717, 1.165) is 78.2 Å². The Morgan fingerprint density at radius 2 is 1.02 bits per heavy atom. The summed E-state index contributed by atoms with van der Waals surface area (Å²) in [6.07, 6.45) is 8.89. The van der Waals surface area contributed by atoms with Crippen LogP contribution < -0.4 is 20.7 Å². The molecule has 0 bridgehead atoms. The Balaban J connectivity index is -0.000000577. The number of carbonyl (C=O) groups excluding carboxylic acids is 11. The minimum atomic E-state index is -3.26. The molecule has 113 heavy (non-hydrogen) atoms. The van der Waals surface area contributed by atoms with Crippen LogP contribution in [0.4, 0.5) is 10.5 Å². The number of amides is 5. The van der Waals surface area contributed by atoms with Crippen molar-refractivity contribution < 1.29 is 89.3 Å². The number of allylic oxidation sites excluding steroid dienone is 1. The van der Waals surface area contributed by atoms with Crippen LogP contribution in [0.25, 0.3) is 0 Å². The number of likely N-dealkylation sites (N-methyl/N-ethyl adjacent to an activating group) is 1. The number of Topliss-reactive ketones (excluding diaryl/α,β-unsaturated/α-hetero) is 6. The fraction of sp³-hybridized carbons (Fsp3) is 0.360. The van der Waals surface area contributed by atoms with Gasteiger partial charge in [-0.05, 0) is 146 Å². The molecule has 7 aromatic carbocycles. The number of aliphatic hydroxyl groups is 1. The molecule has 27 heteroatoms. The number of para-hydroxylation sites is 1. The lowest BCUT2D eigenvalue weighted by atomic mass is 10.1. The van der Waals surface area contributed by atoms with Crippen LogP contribution in [0.2, 0.25) is 0 Å². The average molecular weight is 1610 g/mol. The molecule has 7 aromatic rings. The number of ether oxygens (including phenoxy) is 2. The predicted octanol–water partition coefficient (Wildman–Crippen LogP) is 13.0. The van der Waals surface area contributed by atoms with Crippen molar-refractivity contribution in [1.82, 2.24) is 25.2 Å². The summed E-state index contributed by atoms with van der Waals surface area (Å²) in [6, 6.07) is 57.1. The van der Waals surface area contributed by atoms with Crippen LogP contribution >= 0.6 is 0 Å². The van der Waals surface area contributed by atoms with Gasteiger partial charge in [-0.15, -0.1) is 6.58 Å². The maximum atomic E-state index is 11.4. The number of benzene rings is 7. The van der Waals surface area contributed by atoms with Gasteiger partial charge in [0.05, 0.1) is 25.0 Å². The summed E-state index contributed by atoms with van der Waals surface area (Å²) in [5.41, 5.74) is 8.31. The molecule has 0 radical (unpaired) electrons. The second-order valence-corrected chi connectivity index (χ2v) is 29.0. The SMILES string of the molecule is C=CCC.CC(=O)CCc1ccccc1.CC(=O)CNC(C)=O.CC(=O)Cc1ccccc1.CCC(C)=O.CCCC(C)=O.CN1C(=O)c2ccccc2C1O.CN1Cc2ccccc2C1=O.CNC(=O)Cc1ccc(O)cc1.CNS(=O)(=O)c1ccc(C)cc1.COC(=O)Nc1ccccc1.COCC(C)=O.CS(C)(=O)=O. The summed E-state index contributed by atoms with van der Waals surface area (Å²) in [6.45, 7) is 23.2. The number of fused-ring (bicyclic) bond motifs is 2. The van der Waals surface area contributed by atoms with Crippen molar-refractivity contribution in [2.45, 2.75) is 145 Å². The lowest BCUT2D eigenvalue weighted by Crippen LogP contribution is -2.25. The minimum Gasteiger partial charge on any atom is -0.508 e. The average Bonchev–Trinajstić information content (AvgIpc) is 1.65. The third kappa shape index (κ3) is 61.4. The first-order valence-corrected chi connectivity index (χ1v) is 39.6. The van der Waals surface area contributed by atoms with E-state index in [1.165, 1.54) is 52.5 Å². The number of sulfone groups is 1. The van der Waals surface area contributed by atoms with Crippen molar-refractivity contribution in [3.05, 3.63) is 245 Å². The molecule has 2 aliphatic heterocycles. The molecular weight excluding hydrogens is 1490 g/mol. The summed E-state index contributed by atoms with van der Waals surface area (Å²) < 4.78 is 52.8. The molecule has 6 N–H and O–H groups in total. The first-order chi connectivity index (χ1) is 53.0. The van der Waals surface area contributed by atoms with E-state index in [2.05, 4.69) is 43.6 Å². The zero-order valence-electron chi connectivity index (χ0n) is 69.1. The van der Waals surface area contributed by atoms with Gasteiger partial charge in [0.15, 0.2) is 12.0 Å². The zero-order chi connectivity index (χ0) is 87.1. The highest BCUT2D eigenvalue weighted by Gasteiger charge is 2.32. The van der Waals surface area contributed by atoms with Crippen molar-refractivity contribution in [2.75, 3.05) is 73.4 Å². The minimum absolute atomic E-state index is 0.0271. The lowest BCUT2D eigenvalue weighted by molar-refractivity contribution is -0.123. The maximum absolute atomic E-state index is 11.4. The monoisotopic (exact) mass is 1600 g/mol. The number of ketones is 6. The molecule has 1 unspecified atom stereocenters. The number of carbonyl (C=O) groups is 11. The molecule has 5 amide bonds. The summed E-state index contributed by atoms with van der Waals surface area (Å²) in [5, 5.41) is 25.9. The highest BCUT2D eigenvalue weighted by molar-refractivity contribution is 7.90. The van der Waals surface area contributed by atoms with E-state index < -0.39 is 32.2 Å². The molecule has 0 saturated carbocycles. The molecule has 1 atom stereocenters. The molecule has 0 aromatic heterocycles. The highest BCUT2D eigenvalue weighted by Crippen LogP contribution is 2.29. The van der Waals surface area contributed by atoms with Gasteiger partial charge in [-0.3, -0.25) is 38.9 Å². The number of nitrogens with zero attached hydrogens (tertiary/aromatic N) is 2. The molecule has 0 aliphatic carbocycles. The second-order valence-electron chi connectivity index (χ2n) is 24.9. The van der Waals surface area contributed by atoms with E-state index in [4.69, 9.17) is 5.11 Å². The Morgan fingerprint density at radius 3 is 1.38 bits per heavy atom. The Kier molecular flexibility index (Phi) is 62.0. The number of hydrogen-bond donors (Lipinski definition) is 6. The van der Waals surface area contributed by atoms with Gasteiger partial charge in [-0.2, -0.15) is 0 Å². The normalized spacial score (nSPS) is 11.1. The molecule has 2 aliphatic rings. The van der Waals surface area contributed by atoms with Gasteiger partial charge in [0.25, 0.3) is 11.8 Å². The smallest absolute Gasteiger partial charge is 0.411 e. The maximum Gasteiger partial charge on any atom is 0.411 e. The van der Waals surface area contributed by atoms with E-state index in [0.29, 0.717) is 41.7 Å². The lowest BCUT2D eigenvalue weighted by Gasteiger charge is -2.13. The van der Waals surface area contributed by atoms with E-state index >= 15 is 0 Å². The van der Waals surface area contributed by atoms with Crippen LogP contribution in [0.5, 0.6) is 5.75 Å². The van der Waals surface area contributed by atoms with Gasteiger partial charge in [0.1, 0.15) is 51.1 Å². The highest BCUT2D eigenvalue weighted by atomic mass is 32.2. The molecule has 2 heterocycles. The largest absolute Gasteiger partial charge is 0.508 e. The molecule has 25 nitrogen and oxygen atoms in total. The topological polar surface area (TPSA) is 370 Å². The summed E-state index contributed by atoms with van der Waals surface area (Å²) in [5.74, 6) is 1.11. The van der Waals surface area contributed by atoms with E-state index in [-0.39, 0.29) is 77.2 Å². The fourth-order valence-corrected chi connectivity index (χ4v) is 8.62. The summed E-state index contributed by atoms with van der Waals surface area (Å²) in [4.78, 5) is 119. The number of phenols is 1. The standard InChI is InChI=1S/C10H12O.C9H9NO2.C9H11NO2.C9H9NO.C9H10O.C8H11NO2S.C8H9NO2.C5H9NO2.C5H10O.C4H8O2.C4H8O.C4H8.C2H6O2S/c1-9(11)7-8-10-5-3-2-4-6-10;1-10-8(11)6-4-2-3-5-7(6)9(10)12;1-10-9(12)6-7-2-4-8(11)5-3-7;1-10-6-7-4-2-3-5-8(7)9(10)11;1-8(10)7-9-5-3-2-4-6-9;1-7-3-5-8(6-4-7)12(10,11)9-2;1-11-8(10)9-7-5-3-2-4-6-7;1-4(7)3-6-5(2)8;1-3-4-5(2)6;1-4(5)3-6-2;1-3-4(2)5;1-3-4-2;1-5(2,3)4/h2-6H,7-8H2,1H3;2-5,8,11H,1H3;2-5,11H,6H2,1H3,(H,10,12);2-5H,6H2,1H3;2-6H,7H2,1H3;3-6,9H,1-2H3;2-6H,1H3,(H,9,10);3H2,1-2H3,(H,6,8);3-4H2,1-2H3;3H2,1-2H3;3H2,1-2H3;3H,1,4H2,2H3;1-2H3. The molecule has 9 rings (SSSR count). The number of aliphatic hydroxyl groups excluding tert-OH is 1. The van der Waals surface area contributed by atoms with Crippen molar-refractivity contribution in [2.24, 2.45) is 0 Å². The van der Waals surface area contributed by atoms with Gasteiger partial charge in [-0.25, -0.2) is 26.4 Å². The molecular formula is C86H120N6O19S2. The summed E-state index contributed by atoms with van der Waals surface area (Å²) in [7, 11) is 3.31. The Labute approximate surface area is 670 Å². The Bertz CT molecular complexity index is 4130. The third-order valence-corrected chi connectivity index (χ3v) is 15.2. The quantitative estimate of drug-likeness (QED) is 0.0435. The number of hydrogen-bond acceptors (Lipinski definition) is 19. The van der Waals surface area contributed by atoms with Gasteiger partial charge >= 0.3 is 6.09 Å². The van der Waals surface area contributed by atoms with Crippen molar-refractivity contribution in [3.8, 4) is 5.75 Å². The van der Waals surface area contributed by atoms with Crippen LogP contribution in [-0.4, -0.2) is 169 Å². The van der Waals surface area contributed by atoms with Crippen LogP contribution in [0.1, 0.15) is 162 Å². The van der Waals surface area contributed by atoms with E-state index in [1.807, 2.05) is 143 Å². The number of sulfonamides is 1. The van der Waals surface area contributed by atoms with Crippen LogP contribution in [0, 0.1) is 6.92 Å². The van der Waals surface area contributed by atoms with Gasteiger partial charge in [-0.1, -0.05) is 172 Å². The molecule has 0 saturated heterocycles. The van der Waals surface area contributed by atoms with Crippen LogP contribution in [0.15, 0.2) is 206 Å². The van der Waals surface area contributed by atoms with Crippen LogP contribution in [0.3, 0.4) is 0 Å². The predicted molar refractivity (Wildman–Crippen MR) is 448 cm³/mol. The molecule has 620 valence electrons. The Morgan fingerprint density at radius 1 is 0.566 bits per heavy atom. The van der Waals surface area contributed by atoms with Gasteiger partial charge in [0.2, 0.25) is 21.8 Å². The second kappa shape index (κ2) is 64.7. The van der Waals surface area contributed by atoms with Crippen LogP contribution in [-0.2, 0) is 93.5 Å². The van der Waals surface area contributed by atoms with Crippen molar-refractivity contribution in [1.29, 1.82) is 0 Å². The van der Waals surface area contributed by atoms with Gasteiger partial charge in [0, 0.05) is 102 Å².